The summed E-state index contributed by atoms with van der Waals surface area (Å²) < 4.78 is 1.65. The number of aryl methyl sites for hydroxylation is 1. The lowest BCUT2D eigenvalue weighted by Crippen LogP contribution is -2.46. The molecule has 4 N–H and O–H groups in total. The van der Waals surface area contributed by atoms with E-state index in [-0.39, 0.29) is 12.5 Å². The Morgan fingerprint density at radius 1 is 1.67 bits per heavy atom. The first-order chi connectivity index (χ1) is 6.85. The second kappa shape index (κ2) is 3.94. The molecule has 1 heterocycles. The van der Waals surface area contributed by atoms with Gasteiger partial charge in [-0.15, -0.1) is 0 Å². The van der Waals surface area contributed by atoms with Crippen LogP contribution >= 0.6 is 0 Å². The second-order valence-corrected chi connectivity index (χ2v) is 4.27. The van der Waals surface area contributed by atoms with E-state index in [0.29, 0.717) is 11.4 Å². The van der Waals surface area contributed by atoms with Gasteiger partial charge in [-0.2, -0.15) is 0 Å². The largest absolute Gasteiger partial charge is 0.397 e. The Hall–Kier alpha value is -1.49. The molecule has 0 saturated heterocycles. The van der Waals surface area contributed by atoms with Gasteiger partial charge in [0, 0.05) is 13.2 Å². The number of amides is 1. The van der Waals surface area contributed by atoms with E-state index >= 15 is 0 Å². The molecule has 1 rings (SSSR count). The second-order valence-electron chi connectivity index (χ2n) is 4.27. The zero-order valence-electron chi connectivity index (χ0n) is 9.24. The first-order valence-corrected chi connectivity index (χ1v) is 4.71. The van der Waals surface area contributed by atoms with Crippen LogP contribution in [-0.2, 0) is 7.05 Å². The quantitative estimate of drug-likeness (QED) is 0.663. The maximum atomic E-state index is 11.8. The number of aromatic nitrogens is 1. The maximum Gasteiger partial charge on any atom is 0.268 e. The van der Waals surface area contributed by atoms with Gasteiger partial charge in [-0.25, -0.2) is 0 Å². The Labute approximate surface area is 88.9 Å². The maximum absolute atomic E-state index is 11.8. The number of rotatable bonds is 3. The van der Waals surface area contributed by atoms with E-state index in [1.807, 2.05) is 0 Å². The lowest BCUT2D eigenvalue weighted by atomic mass is 10.1. The van der Waals surface area contributed by atoms with Crippen LogP contribution in [-0.4, -0.2) is 27.7 Å². The van der Waals surface area contributed by atoms with Crippen LogP contribution in [0.3, 0.4) is 0 Å². The zero-order valence-corrected chi connectivity index (χ0v) is 9.24. The highest BCUT2D eigenvalue weighted by Crippen LogP contribution is 2.10. The molecule has 5 nitrogen and oxygen atoms in total. The number of hydrogen-bond donors (Lipinski definition) is 3. The van der Waals surface area contributed by atoms with Gasteiger partial charge in [0.25, 0.3) is 5.91 Å². The molecule has 0 aliphatic heterocycles. The first kappa shape index (κ1) is 11.6. The van der Waals surface area contributed by atoms with Crippen LogP contribution in [0.15, 0.2) is 12.3 Å². The van der Waals surface area contributed by atoms with Crippen molar-refractivity contribution in [3.63, 3.8) is 0 Å². The minimum absolute atomic E-state index is 0.112. The fourth-order valence-electron chi connectivity index (χ4n) is 1.23. The Morgan fingerprint density at radius 2 is 2.27 bits per heavy atom. The van der Waals surface area contributed by atoms with Gasteiger partial charge in [0.05, 0.1) is 17.8 Å². The molecule has 1 aromatic rings. The highest BCUT2D eigenvalue weighted by molar-refractivity contribution is 5.94. The number of hydrogen-bond acceptors (Lipinski definition) is 3. The molecule has 0 saturated carbocycles. The van der Waals surface area contributed by atoms with Gasteiger partial charge in [0.2, 0.25) is 0 Å². The molecule has 15 heavy (non-hydrogen) atoms. The van der Waals surface area contributed by atoms with Crippen LogP contribution < -0.4 is 11.1 Å². The van der Waals surface area contributed by atoms with Crippen LogP contribution in [0.5, 0.6) is 0 Å². The van der Waals surface area contributed by atoms with Crippen molar-refractivity contribution < 1.29 is 9.90 Å². The molecule has 1 aromatic heterocycles. The fraction of sp³-hybridized carbons (Fsp3) is 0.500. The number of aliphatic hydroxyl groups excluding tert-OH is 1. The van der Waals surface area contributed by atoms with E-state index in [9.17, 15) is 4.79 Å². The summed E-state index contributed by atoms with van der Waals surface area (Å²) in [5.74, 6) is -0.242. The zero-order chi connectivity index (χ0) is 11.6. The predicted molar refractivity (Wildman–Crippen MR) is 58.5 cm³/mol. The predicted octanol–water partition coefficient (Wildman–Crippen LogP) is 0.108. The van der Waals surface area contributed by atoms with Crippen LogP contribution in [0.4, 0.5) is 5.69 Å². The van der Waals surface area contributed by atoms with Crippen molar-refractivity contribution in [2.75, 3.05) is 12.3 Å². The van der Waals surface area contributed by atoms with E-state index in [1.54, 1.807) is 37.7 Å². The summed E-state index contributed by atoms with van der Waals surface area (Å²) in [6.07, 6.45) is 1.67. The fourth-order valence-corrected chi connectivity index (χ4v) is 1.23. The van der Waals surface area contributed by atoms with Crippen molar-refractivity contribution in [3.05, 3.63) is 18.0 Å². The number of anilines is 1. The van der Waals surface area contributed by atoms with Crippen LogP contribution in [0.25, 0.3) is 0 Å². The number of nitrogens with one attached hydrogen (secondary N) is 1. The van der Waals surface area contributed by atoms with Crippen LogP contribution in [0.2, 0.25) is 0 Å². The molecule has 0 spiro atoms. The van der Waals surface area contributed by atoms with Gasteiger partial charge in [-0.1, -0.05) is 0 Å². The van der Waals surface area contributed by atoms with Gasteiger partial charge in [-0.05, 0) is 19.9 Å². The molecule has 84 valence electrons. The van der Waals surface area contributed by atoms with Crippen molar-refractivity contribution in [1.29, 1.82) is 0 Å². The van der Waals surface area contributed by atoms with E-state index in [2.05, 4.69) is 5.32 Å². The minimum atomic E-state index is -0.629. The van der Waals surface area contributed by atoms with Crippen LogP contribution in [0, 0.1) is 0 Å². The number of nitrogens with two attached hydrogens (primary N) is 1. The Kier molecular flexibility index (Phi) is 3.04. The summed E-state index contributed by atoms with van der Waals surface area (Å²) in [4.78, 5) is 11.8. The van der Waals surface area contributed by atoms with E-state index in [0.717, 1.165) is 0 Å². The highest BCUT2D eigenvalue weighted by atomic mass is 16.3. The molecule has 1 amide bonds. The molecule has 0 aromatic carbocycles. The lowest BCUT2D eigenvalue weighted by molar-refractivity contribution is 0.0861. The minimum Gasteiger partial charge on any atom is -0.397 e. The average Bonchev–Trinajstić information content (AvgIpc) is 2.45. The van der Waals surface area contributed by atoms with Crippen molar-refractivity contribution in [3.8, 4) is 0 Å². The lowest BCUT2D eigenvalue weighted by Gasteiger charge is -2.23. The number of nitrogens with zero attached hydrogens (tertiary/aromatic N) is 1. The summed E-state index contributed by atoms with van der Waals surface area (Å²) in [6.45, 7) is 3.38. The summed E-state index contributed by atoms with van der Waals surface area (Å²) in [5, 5.41) is 11.7. The number of carbonyl (C=O) groups excluding carboxylic acids is 1. The third-order valence-corrected chi connectivity index (χ3v) is 2.11. The standard InChI is InChI=1S/C10H17N3O2/c1-10(2,6-14)12-9(15)8-4-7(11)5-13(8)3/h4-5,14H,6,11H2,1-3H3,(H,12,15). The molecule has 0 aliphatic carbocycles. The molecule has 0 atom stereocenters. The van der Waals surface area contributed by atoms with Gasteiger partial charge >= 0.3 is 0 Å². The van der Waals surface area contributed by atoms with E-state index in [4.69, 9.17) is 10.8 Å². The molecule has 0 aliphatic rings. The number of carbonyl (C=O) groups is 1. The molecule has 0 fully saturated rings. The Morgan fingerprint density at radius 3 is 2.67 bits per heavy atom. The molecule has 0 radical (unpaired) electrons. The van der Waals surface area contributed by atoms with Crippen LogP contribution in [0.1, 0.15) is 24.3 Å². The monoisotopic (exact) mass is 211 g/mol. The number of aliphatic hydroxyl groups is 1. The van der Waals surface area contributed by atoms with Crippen molar-refractivity contribution in [2.24, 2.45) is 7.05 Å². The SMILES string of the molecule is Cn1cc(N)cc1C(=O)NC(C)(C)CO. The summed E-state index contributed by atoms with van der Waals surface area (Å²) in [5.41, 5.74) is 5.96. The van der Waals surface area contributed by atoms with Crippen molar-refractivity contribution in [2.45, 2.75) is 19.4 Å². The topological polar surface area (TPSA) is 80.3 Å². The Balaban J connectivity index is 2.82. The van der Waals surface area contributed by atoms with E-state index < -0.39 is 5.54 Å². The van der Waals surface area contributed by atoms with E-state index in [1.165, 1.54) is 0 Å². The molecule has 5 heteroatoms. The molecule has 0 bridgehead atoms. The highest BCUT2D eigenvalue weighted by Gasteiger charge is 2.21. The third-order valence-electron chi connectivity index (χ3n) is 2.11. The summed E-state index contributed by atoms with van der Waals surface area (Å²) in [7, 11) is 1.75. The smallest absolute Gasteiger partial charge is 0.268 e. The first-order valence-electron chi connectivity index (χ1n) is 4.71. The molecule has 0 unspecified atom stereocenters. The Bertz CT molecular complexity index is 369. The van der Waals surface area contributed by atoms with Gasteiger partial charge in [0.1, 0.15) is 5.69 Å². The molecular formula is C10H17N3O2. The molecular weight excluding hydrogens is 194 g/mol. The van der Waals surface area contributed by atoms with Gasteiger partial charge in [-0.3, -0.25) is 4.79 Å². The number of nitrogen functional groups attached to an aromatic ring is 1. The summed E-state index contributed by atoms with van der Waals surface area (Å²) >= 11 is 0. The summed E-state index contributed by atoms with van der Waals surface area (Å²) in [6, 6.07) is 1.60. The third kappa shape index (κ3) is 2.73. The van der Waals surface area contributed by atoms with Gasteiger partial charge < -0.3 is 20.7 Å². The average molecular weight is 211 g/mol. The van der Waals surface area contributed by atoms with Gasteiger partial charge in [0.15, 0.2) is 0 Å². The van der Waals surface area contributed by atoms with Crippen molar-refractivity contribution in [1.82, 2.24) is 9.88 Å². The van der Waals surface area contributed by atoms with Crippen molar-refractivity contribution >= 4 is 11.6 Å². The normalized spacial score (nSPS) is 11.5.